The lowest BCUT2D eigenvalue weighted by Gasteiger charge is -2.15. The van der Waals surface area contributed by atoms with Gasteiger partial charge in [-0.25, -0.2) is 0 Å². The van der Waals surface area contributed by atoms with Crippen molar-refractivity contribution in [3.63, 3.8) is 0 Å². The van der Waals surface area contributed by atoms with Crippen LogP contribution in [0.2, 0.25) is 10.0 Å². The van der Waals surface area contributed by atoms with E-state index in [1.807, 2.05) is 30.3 Å². The smallest absolute Gasteiger partial charge is 0.170 e. The van der Waals surface area contributed by atoms with E-state index in [0.717, 1.165) is 5.56 Å². The van der Waals surface area contributed by atoms with Crippen molar-refractivity contribution in [3.05, 3.63) is 64.1 Å². The van der Waals surface area contributed by atoms with E-state index < -0.39 is 6.10 Å². The van der Waals surface area contributed by atoms with Crippen LogP contribution in [0.1, 0.15) is 11.7 Å². The topological polar surface area (TPSA) is 44.3 Å². The van der Waals surface area contributed by atoms with Gasteiger partial charge in [-0.05, 0) is 36.0 Å². The zero-order valence-electron chi connectivity index (χ0n) is 11.0. The Labute approximate surface area is 138 Å². The quantitative estimate of drug-likeness (QED) is 0.735. The average Bonchev–Trinajstić information content (AvgIpc) is 2.44. The number of aliphatic hydroxyl groups is 1. The first-order valence-corrected chi connectivity index (χ1v) is 7.45. The molecule has 0 saturated carbocycles. The number of halogens is 2. The van der Waals surface area contributed by atoms with Gasteiger partial charge in [0.15, 0.2) is 5.11 Å². The van der Waals surface area contributed by atoms with Crippen molar-refractivity contribution < 1.29 is 5.11 Å². The number of hydrogen-bond acceptors (Lipinski definition) is 2. The average molecular weight is 341 g/mol. The molecule has 2 rings (SSSR count). The summed E-state index contributed by atoms with van der Waals surface area (Å²) in [4.78, 5) is 0. The molecule has 0 amide bonds. The minimum absolute atomic E-state index is 0.310. The highest BCUT2D eigenvalue weighted by Gasteiger charge is 2.07. The first kappa shape index (κ1) is 16.0. The van der Waals surface area contributed by atoms with Crippen LogP contribution in [0, 0.1) is 0 Å². The van der Waals surface area contributed by atoms with Crippen LogP contribution in [0.25, 0.3) is 0 Å². The van der Waals surface area contributed by atoms with Gasteiger partial charge in [-0.2, -0.15) is 0 Å². The number of rotatable bonds is 4. The Kier molecular flexibility index (Phi) is 5.82. The highest BCUT2D eigenvalue weighted by molar-refractivity contribution is 7.80. The van der Waals surface area contributed by atoms with Gasteiger partial charge in [0.05, 0.1) is 6.10 Å². The molecule has 110 valence electrons. The molecule has 3 nitrogen and oxygen atoms in total. The van der Waals surface area contributed by atoms with E-state index >= 15 is 0 Å². The van der Waals surface area contributed by atoms with E-state index in [4.69, 9.17) is 35.4 Å². The second-order valence-electron chi connectivity index (χ2n) is 4.42. The molecular formula is C15H14Cl2N2OS. The molecule has 1 atom stereocenters. The minimum atomic E-state index is -0.631. The number of anilines is 1. The highest BCUT2D eigenvalue weighted by atomic mass is 35.5. The van der Waals surface area contributed by atoms with Crippen LogP contribution in [-0.4, -0.2) is 16.8 Å². The molecule has 6 heteroatoms. The van der Waals surface area contributed by atoms with E-state index in [-0.39, 0.29) is 0 Å². The van der Waals surface area contributed by atoms with Crippen molar-refractivity contribution in [2.75, 3.05) is 11.9 Å². The van der Waals surface area contributed by atoms with Crippen LogP contribution < -0.4 is 10.6 Å². The SMILES string of the molecule is O[C@@H](CNC(=S)Nc1cc(Cl)cc(Cl)c1)c1ccccc1. The van der Waals surface area contributed by atoms with Crippen molar-refractivity contribution in [1.29, 1.82) is 0 Å². The van der Waals surface area contributed by atoms with Crippen molar-refractivity contribution in [2.45, 2.75) is 6.10 Å². The van der Waals surface area contributed by atoms with E-state index in [2.05, 4.69) is 10.6 Å². The monoisotopic (exact) mass is 340 g/mol. The number of nitrogens with one attached hydrogen (secondary N) is 2. The second kappa shape index (κ2) is 7.61. The summed E-state index contributed by atoms with van der Waals surface area (Å²) in [6.45, 7) is 0.310. The van der Waals surface area contributed by atoms with E-state index in [9.17, 15) is 5.11 Å². The summed E-state index contributed by atoms with van der Waals surface area (Å²) in [6, 6.07) is 14.5. The van der Waals surface area contributed by atoms with Crippen LogP contribution in [0.4, 0.5) is 5.69 Å². The number of benzene rings is 2. The maximum absolute atomic E-state index is 10.0. The number of hydrogen-bond donors (Lipinski definition) is 3. The minimum Gasteiger partial charge on any atom is -0.387 e. The summed E-state index contributed by atoms with van der Waals surface area (Å²) in [5, 5.41) is 17.4. The third-order valence-corrected chi connectivity index (χ3v) is 3.44. The van der Waals surface area contributed by atoms with E-state index in [0.29, 0.717) is 27.4 Å². The molecule has 0 unspecified atom stereocenters. The van der Waals surface area contributed by atoms with Gasteiger partial charge in [0, 0.05) is 22.3 Å². The number of thiocarbonyl (C=S) groups is 1. The highest BCUT2D eigenvalue weighted by Crippen LogP contribution is 2.22. The molecule has 0 saturated heterocycles. The molecule has 2 aromatic rings. The van der Waals surface area contributed by atoms with Crippen molar-refractivity contribution in [1.82, 2.24) is 5.32 Å². The summed E-state index contributed by atoms with van der Waals surface area (Å²) in [7, 11) is 0. The largest absolute Gasteiger partial charge is 0.387 e. The first-order valence-electron chi connectivity index (χ1n) is 6.28. The van der Waals surface area contributed by atoms with Crippen LogP contribution in [-0.2, 0) is 0 Å². The Bertz CT molecular complexity index is 602. The molecule has 21 heavy (non-hydrogen) atoms. The molecule has 0 fully saturated rings. The fourth-order valence-corrected chi connectivity index (χ4v) is 2.51. The van der Waals surface area contributed by atoms with Gasteiger partial charge in [0.1, 0.15) is 0 Å². The molecule has 0 aromatic heterocycles. The predicted molar refractivity (Wildman–Crippen MR) is 92.1 cm³/mol. The number of aliphatic hydroxyl groups excluding tert-OH is 1. The van der Waals surface area contributed by atoms with Crippen molar-refractivity contribution in [3.8, 4) is 0 Å². The molecule has 3 N–H and O–H groups in total. The van der Waals surface area contributed by atoms with Crippen LogP contribution in [0.15, 0.2) is 48.5 Å². The fourth-order valence-electron chi connectivity index (χ4n) is 1.78. The third kappa shape index (κ3) is 5.17. The molecule has 2 aromatic carbocycles. The summed E-state index contributed by atoms with van der Waals surface area (Å²) < 4.78 is 0. The maximum atomic E-state index is 10.0. The van der Waals surface area contributed by atoms with Gasteiger partial charge in [0.25, 0.3) is 0 Å². The van der Waals surface area contributed by atoms with Gasteiger partial charge < -0.3 is 15.7 Å². The Balaban J connectivity index is 1.87. The Morgan fingerprint density at radius 2 is 1.71 bits per heavy atom. The molecule has 0 radical (unpaired) electrons. The standard InChI is InChI=1S/C15H14Cl2N2OS/c16-11-6-12(17)8-13(7-11)19-15(21)18-9-14(20)10-4-2-1-3-5-10/h1-8,14,20H,9H2,(H2,18,19,21)/t14-/m0/s1. The maximum Gasteiger partial charge on any atom is 0.170 e. The van der Waals surface area contributed by atoms with Gasteiger partial charge in [-0.15, -0.1) is 0 Å². The zero-order valence-corrected chi connectivity index (χ0v) is 13.3. The lowest BCUT2D eigenvalue weighted by atomic mass is 10.1. The molecule has 0 aliphatic rings. The van der Waals surface area contributed by atoms with Gasteiger partial charge >= 0.3 is 0 Å². The first-order chi connectivity index (χ1) is 10.0. The molecule has 0 heterocycles. The summed E-state index contributed by atoms with van der Waals surface area (Å²) in [6.07, 6.45) is -0.631. The summed E-state index contributed by atoms with van der Waals surface area (Å²) >= 11 is 17.0. The summed E-state index contributed by atoms with van der Waals surface area (Å²) in [5.41, 5.74) is 1.53. The molecular weight excluding hydrogens is 327 g/mol. The fraction of sp³-hybridized carbons (Fsp3) is 0.133. The molecule has 0 aliphatic heterocycles. The van der Waals surface area contributed by atoms with Crippen LogP contribution in [0.3, 0.4) is 0 Å². The summed E-state index contributed by atoms with van der Waals surface area (Å²) in [5.74, 6) is 0. The van der Waals surface area contributed by atoms with Gasteiger partial charge in [-0.3, -0.25) is 0 Å². The third-order valence-electron chi connectivity index (χ3n) is 2.76. The van der Waals surface area contributed by atoms with E-state index in [1.165, 1.54) is 0 Å². The van der Waals surface area contributed by atoms with Crippen molar-refractivity contribution in [2.24, 2.45) is 0 Å². The molecule has 0 spiro atoms. The van der Waals surface area contributed by atoms with Crippen molar-refractivity contribution >= 4 is 46.2 Å². The lowest BCUT2D eigenvalue weighted by Crippen LogP contribution is -2.32. The Hall–Kier alpha value is -1.33. The Morgan fingerprint density at radius 1 is 1.10 bits per heavy atom. The zero-order chi connectivity index (χ0) is 15.2. The second-order valence-corrected chi connectivity index (χ2v) is 5.70. The Morgan fingerprint density at radius 3 is 2.33 bits per heavy atom. The lowest BCUT2D eigenvalue weighted by molar-refractivity contribution is 0.181. The molecule has 0 bridgehead atoms. The molecule has 0 aliphatic carbocycles. The van der Waals surface area contributed by atoms with Crippen LogP contribution in [0.5, 0.6) is 0 Å². The van der Waals surface area contributed by atoms with Gasteiger partial charge in [0.2, 0.25) is 0 Å². The van der Waals surface area contributed by atoms with Gasteiger partial charge in [-0.1, -0.05) is 53.5 Å². The normalized spacial score (nSPS) is 11.8. The van der Waals surface area contributed by atoms with E-state index in [1.54, 1.807) is 18.2 Å². The van der Waals surface area contributed by atoms with Crippen LogP contribution >= 0.6 is 35.4 Å². The predicted octanol–water partition coefficient (Wildman–Crippen LogP) is 4.01.